The number of para-hydroxylation sites is 1. The average Bonchev–Trinajstić information content (AvgIpc) is 3.15. The first kappa shape index (κ1) is 20.7. The largest absolute Gasteiger partial charge is 0.465 e. The molecule has 5 nitrogen and oxygen atoms in total. The van der Waals surface area contributed by atoms with Crippen molar-refractivity contribution in [1.82, 2.24) is 4.98 Å². The lowest BCUT2D eigenvalue weighted by Crippen LogP contribution is -2.17. The van der Waals surface area contributed by atoms with Crippen LogP contribution in [-0.2, 0) is 9.53 Å². The van der Waals surface area contributed by atoms with E-state index in [-0.39, 0.29) is 11.7 Å². The SMILES string of the molecule is COC(=O)c1ccccc1NC(=O)CSc1nc(-c2ccc(Cl)cc2Cl)cs1. The number of halogens is 2. The van der Waals surface area contributed by atoms with E-state index in [0.717, 1.165) is 15.6 Å². The Morgan fingerprint density at radius 1 is 1.21 bits per heavy atom. The zero-order valence-electron chi connectivity index (χ0n) is 14.6. The van der Waals surface area contributed by atoms with Crippen molar-refractivity contribution in [3.05, 3.63) is 63.5 Å². The van der Waals surface area contributed by atoms with E-state index in [4.69, 9.17) is 27.9 Å². The second-order valence-electron chi connectivity index (χ2n) is 5.50. The highest BCUT2D eigenvalue weighted by atomic mass is 35.5. The van der Waals surface area contributed by atoms with Gasteiger partial charge in [0, 0.05) is 16.0 Å². The van der Waals surface area contributed by atoms with Crippen molar-refractivity contribution in [1.29, 1.82) is 0 Å². The Labute approximate surface area is 180 Å². The van der Waals surface area contributed by atoms with Crippen LogP contribution in [0.5, 0.6) is 0 Å². The molecule has 3 aromatic rings. The number of ether oxygens (including phenoxy) is 1. The molecule has 3 rings (SSSR count). The number of amides is 1. The third-order valence-electron chi connectivity index (χ3n) is 3.62. The first-order valence-electron chi connectivity index (χ1n) is 7.99. The summed E-state index contributed by atoms with van der Waals surface area (Å²) in [6, 6.07) is 11.9. The van der Waals surface area contributed by atoms with E-state index in [2.05, 4.69) is 10.3 Å². The molecule has 1 aromatic heterocycles. The minimum Gasteiger partial charge on any atom is -0.465 e. The van der Waals surface area contributed by atoms with Crippen molar-refractivity contribution in [2.24, 2.45) is 0 Å². The van der Waals surface area contributed by atoms with E-state index < -0.39 is 5.97 Å². The number of aromatic nitrogens is 1. The number of methoxy groups -OCH3 is 1. The van der Waals surface area contributed by atoms with Crippen molar-refractivity contribution in [2.75, 3.05) is 18.2 Å². The third kappa shape index (κ3) is 5.05. The summed E-state index contributed by atoms with van der Waals surface area (Å²) in [6.45, 7) is 0. The zero-order valence-corrected chi connectivity index (χ0v) is 17.7. The van der Waals surface area contributed by atoms with Crippen molar-refractivity contribution >= 4 is 63.9 Å². The molecule has 144 valence electrons. The van der Waals surface area contributed by atoms with E-state index in [1.807, 2.05) is 11.4 Å². The number of rotatable bonds is 6. The number of hydrogen-bond donors (Lipinski definition) is 1. The summed E-state index contributed by atoms with van der Waals surface area (Å²) in [6.07, 6.45) is 0. The summed E-state index contributed by atoms with van der Waals surface area (Å²) < 4.78 is 5.46. The number of anilines is 1. The molecule has 0 saturated heterocycles. The highest BCUT2D eigenvalue weighted by molar-refractivity contribution is 8.01. The van der Waals surface area contributed by atoms with Crippen LogP contribution in [-0.4, -0.2) is 29.7 Å². The van der Waals surface area contributed by atoms with Crippen molar-refractivity contribution < 1.29 is 14.3 Å². The van der Waals surface area contributed by atoms with Gasteiger partial charge in [0.05, 0.1) is 34.8 Å². The number of thiazole rings is 1. The Morgan fingerprint density at radius 2 is 2.00 bits per heavy atom. The molecule has 0 unspecified atom stereocenters. The zero-order chi connectivity index (χ0) is 20.1. The molecule has 1 amide bonds. The number of carbonyl (C=O) groups excluding carboxylic acids is 2. The number of thioether (sulfide) groups is 1. The topological polar surface area (TPSA) is 68.3 Å². The summed E-state index contributed by atoms with van der Waals surface area (Å²) in [5.74, 6) is -0.604. The molecule has 0 saturated carbocycles. The Hall–Kier alpha value is -2.06. The van der Waals surface area contributed by atoms with Gasteiger partial charge in [-0.15, -0.1) is 11.3 Å². The molecule has 0 radical (unpaired) electrons. The van der Waals surface area contributed by atoms with E-state index in [9.17, 15) is 9.59 Å². The summed E-state index contributed by atoms with van der Waals surface area (Å²) in [4.78, 5) is 28.6. The summed E-state index contributed by atoms with van der Waals surface area (Å²) in [5.41, 5.74) is 2.22. The van der Waals surface area contributed by atoms with Crippen LogP contribution in [0, 0.1) is 0 Å². The number of nitrogens with zero attached hydrogens (tertiary/aromatic N) is 1. The Morgan fingerprint density at radius 3 is 2.75 bits per heavy atom. The lowest BCUT2D eigenvalue weighted by Gasteiger charge is -2.09. The van der Waals surface area contributed by atoms with Crippen LogP contribution in [0.1, 0.15) is 10.4 Å². The van der Waals surface area contributed by atoms with Gasteiger partial charge in [0.15, 0.2) is 4.34 Å². The van der Waals surface area contributed by atoms with Gasteiger partial charge in [-0.3, -0.25) is 4.79 Å². The van der Waals surface area contributed by atoms with Gasteiger partial charge in [-0.1, -0.05) is 47.1 Å². The van der Waals surface area contributed by atoms with Gasteiger partial charge < -0.3 is 10.1 Å². The fraction of sp³-hybridized carbons (Fsp3) is 0.105. The molecule has 0 aliphatic rings. The maximum absolute atomic E-state index is 12.3. The van der Waals surface area contributed by atoms with Gasteiger partial charge >= 0.3 is 5.97 Å². The Balaban J connectivity index is 1.63. The van der Waals surface area contributed by atoms with Crippen LogP contribution in [0.4, 0.5) is 5.69 Å². The molecule has 1 N–H and O–H groups in total. The normalized spacial score (nSPS) is 10.5. The van der Waals surface area contributed by atoms with Gasteiger partial charge in [-0.25, -0.2) is 9.78 Å². The van der Waals surface area contributed by atoms with Crippen LogP contribution in [0.2, 0.25) is 10.0 Å². The molecule has 1 heterocycles. The Kier molecular flexibility index (Phi) is 6.96. The lowest BCUT2D eigenvalue weighted by atomic mass is 10.2. The highest BCUT2D eigenvalue weighted by Crippen LogP contribution is 2.33. The van der Waals surface area contributed by atoms with Crippen LogP contribution in [0.15, 0.2) is 52.2 Å². The second-order valence-corrected chi connectivity index (χ2v) is 8.42. The van der Waals surface area contributed by atoms with E-state index >= 15 is 0 Å². The van der Waals surface area contributed by atoms with Crippen LogP contribution in [0.25, 0.3) is 11.3 Å². The van der Waals surface area contributed by atoms with E-state index in [1.54, 1.807) is 36.4 Å². The molecule has 0 aliphatic heterocycles. The number of nitrogens with one attached hydrogen (secondary N) is 1. The van der Waals surface area contributed by atoms with Gasteiger partial charge in [-0.2, -0.15) is 0 Å². The smallest absolute Gasteiger partial charge is 0.339 e. The van der Waals surface area contributed by atoms with Crippen molar-refractivity contribution in [2.45, 2.75) is 4.34 Å². The van der Waals surface area contributed by atoms with Crippen LogP contribution in [0.3, 0.4) is 0 Å². The van der Waals surface area contributed by atoms with Crippen LogP contribution >= 0.6 is 46.3 Å². The molecule has 0 spiro atoms. The highest BCUT2D eigenvalue weighted by Gasteiger charge is 2.14. The summed E-state index contributed by atoms with van der Waals surface area (Å²) in [7, 11) is 1.30. The molecule has 0 fully saturated rings. The molecule has 2 aromatic carbocycles. The first-order chi connectivity index (χ1) is 13.5. The molecule has 0 atom stereocenters. The van der Waals surface area contributed by atoms with Crippen molar-refractivity contribution in [3.8, 4) is 11.3 Å². The monoisotopic (exact) mass is 452 g/mol. The third-order valence-corrected chi connectivity index (χ3v) is 6.19. The van der Waals surface area contributed by atoms with Gasteiger partial charge in [0.25, 0.3) is 0 Å². The fourth-order valence-electron chi connectivity index (χ4n) is 2.34. The number of hydrogen-bond acceptors (Lipinski definition) is 6. The molecule has 9 heteroatoms. The predicted molar refractivity (Wildman–Crippen MR) is 115 cm³/mol. The van der Waals surface area contributed by atoms with Crippen LogP contribution < -0.4 is 5.32 Å². The van der Waals surface area contributed by atoms with Crippen molar-refractivity contribution in [3.63, 3.8) is 0 Å². The summed E-state index contributed by atoms with van der Waals surface area (Å²) >= 11 is 14.9. The standard InChI is InChI=1S/C19H14Cl2N2O3S2/c1-26-18(25)13-4-2-3-5-15(13)22-17(24)10-28-19-23-16(9-27-19)12-7-6-11(20)8-14(12)21/h2-9H,10H2,1H3,(H,22,24). The summed E-state index contributed by atoms with van der Waals surface area (Å²) in [5, 5.41) is 5.68. The van der Waals surface area contributed by atoms with Gasteiger partial charge in [-0.05, 0) is 30.3 Å². The number of esters is 1. The maximum atomic E-state index is 12.3. The number of benzene rings is 2. The second kappa shape index (κ2) is 9.43. The molecule has 0 aliphatic carbocycles. The molecular formula is C19H14Cl2N2O3S2. The van der Waals surface area contributed by atoms with Gasteiger partial charge in [0.2, 0.25) is 5.91 Å². The minimum absolute atomic E-state index is 0.150. The molecule has 0 bridgehead atoms. The molecular weight excluding hydrogens is 439 g/mol. The number of carbonyl (C=O) groups is 2. The maximum Gasteiger partial charge on any atom is 0.339 e. The Bertz CT molecular complexity index is 1020. The predicted octanol–water partition coefficient (Wildman–Crippen LogP) is 5.63. The van der Waals surface area contributed by atoms with Gasteiger partial charge in [0.1, 0.15) is 0 Å². The lowest BCUT2D eigenvalue weighted by molar-refractivity contribution is -0.113. The van der Waals surface area contributed by atoms with E-state index in [1.165, 1.54) is 30.2 Å². The molecule has 28 heavy (non-hydrogen) atoms. The average molecular weight is 453 g/mol. The van der Waals surface area contributed by atoms with E-state index in [0.29, 0.717) is 21.3 Å². The quantitative estimate of drug-likeness (QED) is 0.387. The fourth-order valence-corrected chi connectivity index (χ4v) is 4.47. The minimum atomic E-state index is -0.507. The first-order valence-corrected chi connectivity index (χ1v) is 10.6.